The van der Waals surface area contributed by atoms with Crippen molar-refractivity contribution in [3.05, 3.63) is 47.4 Å². The van der Waals surface area contributed by atoms with Crippen LogP contribution in [0.15, 0.2) is 34.7 Å². The van der Waals surface area contributed by atoms with Gasteiger partial charge in [0.15, 0.2) is 0 Å². The summed E-state index contributed by atoms with van der Waals surface area (Å²) in [6, 6.07) is 8.65. The third-order valence-corrected chi connectivity index (χ3v) is 2.90. The average molecular weight is 259 g/mol. The van der Waals surface area contributed by atoms with E-state index >= 15 is 0 Å². The molecule has 0 bridgehead atoms. The fourth-order valence-electron chi connectivity index (χ4n) is 1.83. The van der Waals surface area contributed by atoms with Crippen LogP contribution in [-0.4, -0.2) is 5.91 Å². The number of nitrogen functional groups attached to an aromatic ring is 1. The molecule has 1 aromatic carbocycles. The van der Waals surface area contributed by atoms with E-state index in [0.717, 1.165) is 11.5 Å². The molecule has 1 aromatic heterocycles. The maximum atomic E-state index is 11.2. The predicted octanol–water partition coefficient (Wildman–Crippen LogP) is 2.44. The van der Waals surface area contributed by atoms with Crippen molar-refractivity contribution in [2.75, 3.05) is 11.1 Å². The number of carbonyl (C=O) groups is 1. The van der Waals surface area contributed by atoms with Gasteiger partial charge in [0, 0.05) is 5.56 Å². The van der Waals surface area contributed by atoms with Crippen LogP contribution < -0.4 is 16.8 Å². The van der Waals surface area contributed by atoms with Crippen molar-refractivity contribution in [1.82, 2.24) is 0 Å². The number of benzene rings is 1. The molecule has 0 radical (unpaired) electrons. The molecule has 0 aliphatic rings. The number of amides is 1. The number of aryl methyl sites for hydroxylation is 1. The molecular formula is C14H17N3O2. The lowest BCUT2D eigenvalue weighted by molar-refractivity contribution is 0.100. The zero-order valence-corrected chi connectivity index (χ0v) is 10.9. The van der Waals surface area contributed by atoms with Crippen LogP contribution in [0.4, 0.5) is 11.4 Å². The number of hydrogen-bond donors (Lipinski definition) is 3. The summed E-state index contributed by atoms with van der Waals surface area (Å²) in [5, 5.41) is 3.21. The number of rotatable bonds is 4. The SMILES string of the molecule is Cc1ccc(C(C)Nc2cc(C(N)=O)ccc2N)o1. The Labute approximate surface area is 111 Å². The van der Waals surface area contributed by atoms with Crippen molar-refractivity contribution in [2.24, 2.45) is 5.73 Å². The highest BCUT2D eigenvalue weighted by atomic mass is 16.3. The first-order valence-corrected chi connectivity index (χ1v) is 5.99. The quantitative estimate of drug-likeness (QED) is 0.735. The topological polar surface area (TPSA) is 94.3 Å². The van der Waals surface area contributed by atoms with E-state index in [-0.39, 0.29) is 6.04 Å². The highest BCUT2D eigenvalue weighted by Crippen LogP contribution is 2.26. The van der Waals surface area contributed by atoms with Crippen molar-refractivity contribution in [3.8, 4) is 0 Å². The molecule has 0 fully saturated rings. The standard InChI is InChI=1S/C14H17N3O2/c1-8-3-6-13(19-8)9(2)17-12-7-10(14(16)18)4-5-11(12)15/h3-7,9,17H,15H2,1-2H3,(H2,16,18). The van der Waals surface area contributed by atoms with Gasteiger partial charge in [-0.3, -0.25) is 4.79 Å². The van der Waals surface area contributed by atoms with Crippen molar-refractivity contribution >= 4 is 17.3 Å². The molecule has 0 aliphatic heterocycles. The Morgan fingerprint density at radius 2 is 2.05 bits per heavy atom. The van der Waals surface area contributed by atoms with Crippen LogP contribution in [0, 0.1) is 6.92 Å². The normalized spacial score (nSPS) is 12.1. The van der Waals surface area contributed by atoms with Gasteiger partial charge in [0.25, 0.3) is 0 Å². The fourth-order valence-corrected chi connectivity index (χ4v) is 1.83. The smallest absolute Gasteiger partial charge is 0.248 e. The molecule has 1 unspecified atom stereocenters. The van der Waals surface area contributed by atoms with Crippen molar-refractivity contribution < 1.29 is 9.21 Å². The van der Waals surface area contributed by atoms with Crippen LogP contribution >= 0.6 is 0 Å². The summed E-state index contributed by atoms with van der Waals surface area (Å²) < 4.78 is 5.54. The van der Waals surface area contributed by atoms with E-state index < -0.39 is 5.91 Å². The molecule has 5 nitrogen and oxygen atoms in total. The highest BCUT2D eigenvalue weighted by molar-refractivity contribution is 5.94. The molecule has 5 N–H and O–H groups in total. The maximum absolute atomic E-state index is 11.2. The first-order valence-electron chi connectivity index (χ1n) is 5.99. The molecule has 2 aromatic rings. The van der Waals surface area contributed by atoms with Gasteiger partial charge in [0.2, 0.25) is 5.91 Å². The Morgan fingerprint density at radius 3 is 2.63 bits per heavy atom. The van der Waals surface area contributed by atoms with Crippen LogP contribution in [0.3, 0.4) is 0 Å². The second-order valence-electron chi connectivity index (χ2n) is 4.48. The van der Waals surface area contributed by atoms with E-state index in [1.54, 1.807) is 18.2 Å². The van der Waals surface area contributed by atoms with Crippen LogP contribution in [0.25, 0.3) is 0 Å². The highest BCUT2D eigenvalue weighted by Gasteiger charge is 2.12. The number of hydrogen-bond acceptors (Lipinski definition) is 4. The van der Waals surface area contributed by atoms with E-state index in [1.165, 1.54) is 0 Å². The number of anilines is 2. The molecule has 1 atom stereocenters. The Bertz CT molecular complexity index is 604. The maximum Gasteiger partial charge on any atom is 0.248 e. The molecule has 1 amide bonds. The van der Waals surface area contributed by atoms with Gasteiger partial charge < -0.3 is 21.2 Å². The summed E-state index contributed by atoms with van der Waals surface area (Å²) in [5.74, 6) is 1.17. The van der Waals surface area contributed by atoms with E-state index in [2.05, 4.69) is 5.32 Å². The minimum atomic E-state index is -0.482. The van der Waals surface area contributed by atoms with Gasteiger partial charge in [-0.1, -0.05) is 0 Å². The van der Waals surface area contributed by atoms with Gasteiger partial charge in [-0.2, -0.15) is 0 Å². The van der Waals surface area contributed by atoms with E-state index in [1.807, 2.05) is 26.0 Å². The van der Waals surface area contributed by atoms with E-state index in [9.17, 15) is 4.79 Å². The van der Waals surface area contributed by atoms with E-state index in [4.69, 9.17) is 15.9 Å². The summed E-state index contributed by atoms with van der Waals surface area (Å²) in [7, 11) is 0. The Kier molecular flexibility index (Phi) is 3.46. The zero-order valence-electron chi connectivity index (χ0n) is 10.9. The Balaban J connectivity index is 2.22. The molecule has 0 saturated carbocycles. The van der Waals surface area contributed by atoms with Gasteiger partial charge in [0.05, 0.1) is 17.4 Å². The second kappa shape index (κ2) is 5.06. The summed E-state index contributed by atoms with van der Waals surface area (Å²) in [4.78, 5) is 11.2. The van der Waals surface area contributed by atoms with Crippen molar-refractivity contribution in [3.63, 3.8) is 0 Å². The third-order valence-electron chi connectivity index (χ3n) is 2.90. The Hall–Kier alpha value is -2.43. The van der Waals surface area contributed by atoms with Gasteiger partial charge in [-0.15, -0.1) is 0 Å². The Morgan fingerprint density at radius 1 is 1.32 bits per heavy atom. The van der Waals surface area contributed by atoms with Gasteiger partial charge in [-0.25, -0.2) is 0 Å². The predicted molar refractivity (Wildman–Crippen MR) is 74.9 cm³/mol. The number of furan rings is 1. The minimum Gasteiger partial charge on any atom is -0.464 e. The van der Waals surface area contributed by atoms with Crippen molar-refractivity contribution in [2.45, 2.75) is 19.9 Å². The minimum absolute atomic E-state index is 0.0564. The number of primary amides is 1. The molecule has 100 valence electrons. The molecule has 19 heavy (non-hydrogen) atoms. The molecule has 0 spiro atoms. The second-order valence-corrected chi connectivity index (χ2v) is 4.48. The van der Waals surface area contributed by atoms with Gasteiger partial charge in [-0.05, 0) is 44.2 Å². The first kappa shape index (κ1) is 13.0. The molecule has 5 heteroatoms. The molecule has 2 rings (SSSR count). The summed E-state index contributed by atoms with van der Waals surface area (Å²) in [5.41, 5.74) is 12.8. The monoisotopic (exact) mass is 259 g/mol. The molecular weight excluding hydrogens is 242 g/mol. The lowest BCUT2D eigenvalue weighted by atomic mass is 10.1. The lowest BCUT2D eigenvalue weighted by Crippen LogP contribution is -2.13. The molecule has 0 aliphatic carbocycles. The number of carbonyl (C=O) groups excluding carboxylic acids is 1. The molecule has 1 heterocycles. The van der Waals surface area contributed by atoms with Crippen LogP contribution in [0.1, 0.15) is 34.8 Å². The summed E-state index contributed by atoms with van der Waals surface area (Å²) in [6.45, 7) is 3.84. The number of nitrogens with two attached hydrogens (primary N) is 2. The van der Waals surface area contributed by atoms with Crippen LogP contribution in [0.5, 0.6) is 0 Å². The lowest BCUT2D eigenvalue weighted by Gasteiger charge is -2.15. The van der Waals surface area contributed by atoms with Gasteiger partial charge >= 0.3 is 0 Å². The zero-order chi connectivity index (χ0) is 14.0. The largest absolute Gasteiger partial charge is 0.464 e. The third kappa shape index (κ3) is 2.88. The van der Waals surface area contributed by atoms with Crippen LogP contribution in [-0.2, 0) is 0 Å². The molecule has 0 saturated heterocycles. The van der Waals surface area contributed by atoms with E-state index in [0.29, 0.717) is 16.9 Å². The van der Waals surface area contributed by atoms with Crippen molar-refractivity contribution in [1.29, 1.82) is 0 Å². The first-order chi connectivity index (χ1) is 8.97. The van der Waals surface area contributed by atoms with Crippen LogP contribution in [0.2, 0.25) is 0 Å². The fraction of sp³-hybridized carbons (Fsp3) is 0.214. The average Bonchev–Trinajstić information content (AvgIpc) is 2.78. The van der Waals surface area contributed by atoms with Gasteiger partial charge in [0.1, 0.15) is 11.5 Å². The number of nitrogens with one attached hydrogen (secondary N) is 1. The summed E-state index contributed by atoms with van der Waals surface area (Å²) >= 11 is 0. The summed E-state index contributed by atoms with van der Waals surface area (Å²) in [6.07, 6.45) is 0.